The fraction of sp³-hybridized carbons (Fsp3) is 0.588. The Bertz CT molecular complexity index is 691. The molecule has 2 aromatic rings. The number of aryl methyl sites for hydroxylation is 2. The van der Waals surface area contributed by atoms with Gasteiger partial charge >= 0.3 is 0 Å². The molecule has 3 rings (SSSR count). The van der Waals surface area contributed by atoms with E-state index in [0.717, 1.165) is 55.7 Å². The van der Waals surface area contributed by atoms with Gasteiger partial charge in [-0.1, -0.05) is 11.8 Å². The van der Waals surface area contributed by atoms with E-state index in [2.05, 4.69) is 26.5 Å². The fourth-order valence-electron chi connectivity index (χ4n) is 2.98. The molecule has 0 spiro atoms. The average molecular weight is 363 g/mol. The van der Waals surface area contributed by atoms with Crippen LogP contribution in [0.25, 0.3) is 0 Å². The van der Waals surface area contributed by atoms with Crippen molar-refractivity contribution in [3.63, 3.8) is 0 Å². The van der Waals surface area contributed by atoms with E-state index in [-0.39, 0.29) is 5.91 Å². The number of rotatable bonds is 7. The van der Waals surface area contributed by atoms with E-state index < -0.39 is 0 Å². The van der Waals surface area contributed by atoms with Gasteiger partial charge in [0.15, 0.2) is 5.16 Å². The minimum Gasteiger partial charge on any atom is -0.465 e. The second kappa shape index (κ2) is 8.53. The lowest BCUT2D eigenvalue weighted by Gasteiger charge is -2.31. The summed E-state index contributed by atoms with van der Waals surface area (Å²) in [5.41, 5.74) is 0. The van der Waals surface area contributed by atoms with Gasteiger partial charge in [0, 0.05) is 13.6 Å². The van der Waals surface area contributed by atoms with E-state index in [4.69, 9.17) is 4.42 Å². The van der Waals surface area contributed by atoms with Crippen LogP contribution >= 0.6 is 11.8 Å². The molecule has 0 saturated carbocycles. The molecule has 1 amide bonds. The Labute approximate surface area is 152 Å². The highest BCUT2D eigenvalue weighted by Crippen LogP contribution is 2.19. The second-order valence-corrected chi connectivity index (χ2v) is 7.49. The van der Waals surface area contributed by atoms with Crippen molar-refractivity contribution in [2.24, 2.45) is 13.0 Å². The number of furan rings is 1. The molecular formula is C17H25N5O2S. The third-order valence-corrected chi connectivity index (χ3v) is 5.51. The zero-order valence-corrected chi connectivity index (χ0v) is 15.6. The molecule has 7 nitrogen and oxygen atoms in total. The Morgan fingerprint density at radius 2 is 2.20 bits per heavy atom. The highest BCUT2D eigenvalue weighted by atomic mass is 32.2. The van der Waals surface area contributed by atoms with E-state index in [9.17, 15) is 4.79 Å². The van der Waals surface area contributed by atoms with Gasteiger partial charge in [-0.05, 0) is 50.9 Å². The summed E-state index contributed by atoms with van der Waals surface area (Å²) in [6.07, 6.45) is 3.85. The van der Waals surface area contributed by atoms with Crippen molar-refractivity contribution >= 4 is 17.7 Å². The van der Waals surface area contributed by atoms with E-state index in [1.54, 1.807) is 6.33 Å². The van der Waals surface area contributed by atoms with Gasteiger partial charge in [-0.25, -0.2) is 0 Å². The molecule has 0 radical (unpaired) electrons. The number of nitrogens with zero attached hydrogens (tertiary/aromatic N) is 4. The Balaban J connectivity index is 1.32. The molecule has 1 aliphatic heterocycles. The minimum atomic E-state index is 0.0569. The van der Waals surface area contributed by atoms with Gasteiger partial charge in [-0.2, -0.15) is 0 Å². The Morgan fingerprint density at radius 1 is 1.40 bits per heavy atom. The first kappa shape index (κ1) is 18.0. The van der Waals surface area contributed by atoms with Gasteiger partial charge in [0.05, 0.1) is 12.3 Å². The average Bonchev–Trinajstić information content (AvgIpc) is 3.20. The highest BCUT2D eigenvalue weighted by molar-refractivity contribution is 7.99. The SMILES string of the molecule is Cc1ccc(CN2CCC(CNC(=O)CSc3nncn3C)CC2)o1. The summed E-state index contributed by atoms with van der Waals surface area (Å²) in [5, 5.41) is 11.6. The molecule has 3 heterocycles. The summed E-state index contributed by atoms with van der Waals surface area (Å²) in [6.45, 7) is 5.70. The van der Waals surface area contributed by atoms with Crippen LogP contribution in [-0.2, 0) is 18.4 Å². The molecule has 0 atom stereocenters. The molecule has 1 saturated heterocycles. The topological polar surface area (TPSA) is 76.2 Å². The van der Waals surface area contributed by atoms with Crippen LogP contribution in [0.1, 0.15) is 24.4 Å². The van der Waals surface area contributed by atoms with Crippen molar-refractivity contribution in [3.8, 4) is 0 Å². The Hall–Kier alpha value is -1.80. The van der Waals surface area contributed by atoms with Crippen molar-refractivity contribution in [3.05, 3.63) is 30.0 Å². The number of carbonyl (C=O) groups is 1. The molecule has 0 unspecified atom stereocenters. The molecule has 1 fully saturated rings. The Morgan fingerprint density at radius 3 is 2.84 bits per heavy atom. The summed E-state index contributed by atoms with van der Waals surface area (Å²) in [6, 6.07) is 4.06. The maximum absolute atomic E-state index is 12.0. The maximum atomic E-state index is 12.0. The highest BCUT2D eigenvalue weighted by Gasteiger charge is 2.20. The normalized spacial score (nSPS) is 16.2. The lowest BCUT2D eigenvalue weighted by Crippen LogP contribution is -2.38. The number of hydrogen-bond donors (Lipinski definition) is 1. The van der Waals surface area contributed by atoms with E-state index in [0.29, 0.717) is 11.7 Å². The van der Waals surface area contributed by atoms with Crippen molar-refractivity contribution in [2.45, 2.75) is 31.5 Å². The number of hydrogen-bond acceptors (Lipinski definition) is 6. The Kier molecular flexibility index (Phi) is 6.14. The van der Waals surface area contributed by atoms with Crippen LogP contribution in [0.15, 0.2) is 28.0 Å². The minimum absolute atomic E-state index is 0.0569. The van der Waals surface area contributed by atoms with Crippen molar-refractivity contribution in [2.75, 3.05) is 25.4 Å². The molecule has 8 heteroatoms. The van der Waals surface area contributed by atoms with Crippen LogP contribution in [0.4, 0.5) is 0 Å². The van der Waals surface area contributed by atoms with Gasteiger partial charge in [0.2, 0.25) is 5.91 Å². The monoisotopic (exact) mass is 363 g/mol. The molecule has 1 N–H and O–H groups in total. The van der Waals surface area contributed by atoms with Crippen LogP contribution in [0, 0.1) is 12.8 Å². The number of amides is 1. The van der Waals surface area contributed by atoms with Gasteiger partial charge in [0.25, 0.3) is 0 Å². The van der Waals surface area contributed by atoms with Crippen LogP contribution < -0.4 is 5.32 Å². The predicted molar refractivity (Wildman–Crippen MR) is 96.2 cm³/mol. The predicted octanol–water partition coefficient (Wildman–Crippen LogP) is 1.84. The molecule has 25 heavy (non-hydrogen) atoms. The van der Waals surface area contributed by atoms with Gasteiger partial charge in [0.1, 0.15) is 17.8 Å². The summed E-state index contributed by atoms with van der Waals surface area (Å²) >= 11 is 1.41. The summed E-state index contributed by atoms with van der Waals surface area (Å²) in [5.74, 6) is 2.99. The zero-order valence-electron chi connectivity index (χ0n) is 14.8. The van der Waals surface area contributed by atoms with Crippen molar-refractivity contribution < 1.29 is 9.21 Å². The van der Waals surface area contributed by atoms with Crippen LogP contribution in [0.5, 0.6) is 0 Å². The smallest absolute Gasteiger partial charge is 0.230 e. The molecule has 1 aliphatic rings. The van der Waals surface area contributed by atoms with Crippen molar-refractivity contribution in [1.29, 1.82) is 0 Å². The molecule has 136 valence electrons. The van der Waals surface area contributed by atoms with Crippen LogP contribution in [-0.4, -0.2) is 51.0 Å². The number of likely N-dealkylation sites (tertiary alicyclic amines) is 1. The first-order valence-electron chi connectivity index (χ1n) is 8.61. The first-order chi connectivity index (χ1) is 12.1. The largest absolute Gasteiger partial charge is 0.465 e. The first-order valence-corrected chi connectivity index (χ1v) is 9.60. The molecular weight excluding hydrogens is 338 g/mol. The fourth-order valence-corrected chi connectivity index (χ4v) is 3.70. The summed E-state index contributed by atoms with van der Waals surface area (Å²) in [7, 11) is 1.87. The third-order valence-electron chi connectivity index (χ3n) is 4.47. The number of thioether (sulfide) groups is 1. The standard InChI is InChI=1S/C17H25N5O2S/c1-13-3-4-15(24-13)10-22-7-5-14(6-8-22)9-18-16(23)11-25-17-20-19-12-21(17)2/h3-4,12,14H,5-11H2,1-2H3,(H,18,23). The number of nitrogens with one attached hydrogen (secondary N) is 1. The van der Waals surface area contributed by atoms with E-state index in [1.807, 2.05) is 24.6 Å². The summed E-state index contributed by atoms with van der Waals surface area (Å²) < 4.78 is 7.46. The van der Waals surface area contributed by atoms with E-state index in [1.165, 1.54) is 11.8 Å². The number of carbonyl (C=O) groups excluding carboxylic acids is 1. The molecule has 0 aromatic carbocycles. The number of piperidine rings is 1. The zero-order chi connectivity index (χ0) is 17.6. The van der Waals surface area contributed by atoms with Gasteiger partial charge in [-0.15, -0.1) is 10.2 Å². The summed E-state index contributed by atoms with van der Waals surface area (Å²) in [4.78, 5) is 14.4. The van der Waals surface area contributed by atoms with Crippen molar-refractivity contribution in [1.82, 2.24) is 25.0 Å². The number of aromatic nitrogens is 3. The molecule has 0 aliphatic carbocycles. The lowest BCUT2D eigenvalue weighted by molar-refractivity contribution is -0.118. The second-order valence-electron chi connectivity index (χ2n) is 6.55. The molecule has 2 aromatic heterocycles. The quantitative estimate of drug-likeness (QED) is 0.757. The van der Waals surface area contributed by atoms with Gasteiger partial charge in [-0.3, -0.25) is 9.69 Å². The van der Waals surface area contributed by atoms with E-state index >= 15 is 0 Å². The third kappa shape index (κ3) is 5.34. The van der Waals surface area contributed by atoms with Gasteiger partial charge < -0.3 is 14.3 Å². The molecule has 0 bridgehead atoms. The van der Waals surface area contributed by atoms with Crippen LogP contribution in [0.3, 0.4) is 0 Å². The van der Waals surface area contributed by atoms with Crippen LogP contribution in [0.2, 0.25) is 0 Å². The maximum Gasteiger partial charge on any atom is 0.230 e. The lowest BCUT2D eigenvalue weighted by atomic mass is 9.97.